The fraction of sp³-hybridized carbons (Fsp3) is 0.250. The van der Waals surface area contributed by atoms with Gasteiger partial charge in [0.25, 0.3) is 0 Å². The maximum atomic E-state index is 11.7. The van der Waals surface area contributed by atoms with Gasteiger partial charge in [0.1, 0.15) is 0 Å². The Balaban J connectivity index is 1.86. The lowest BCUT2D eigenvalue weighted by molar-refractivity contribution is -0.117. The first-order valence-electron chi connectivity index (χ1n) is 6.88. The molecule has 2 aromatic carbocycles. The zero-order chi connectivity index (χ0) is 15.1. The van der Waals surface area contributed by atoms with E-state index in [1.807, 2.05) is 43.3 Å². The second-order valence-electron chi connectivity index (χ2n) is 4.60. The maximum absolute atomic E-state index is 11.7. The van der Waals surface area contributed by atoms with E-state index < -0.39 is 6.03 Å². The van der Waals surface area contributed by atoms with E-state index in [9.17, 15) is 9.59 Å². The number of urea groups is 1. The van der Waals surface area contributed by atoms with Crippen LogP contribution in [0.1, 0.15) is 13.3 Å². The van der Waals surface area contributed by atoms with Gasteiger partial charge in [-0.15, -0.1) is 11.8 Å². The van der Waals surface area contributed by atoms with Gasteiger partial charge in [0.2, 0.25) is 5.91 Å². The van der Waals surface area contributed by atoms with Crippen LogP contribution in [0.5, 0.6) is 0 Å². The summed E-state index contributed by atoms with van der Waals surface area (Å²) in [5.74, 6) is -0.0699. The molecule has 110 valence electrons. The van der Waals surface area contributed by atoms with Gasteiger partial charge in [-0.05, 0) is 29.3 Å². The Morgan fingerprint density at radius 1 is 1.10 bits per heavy atom. The summed E-state index contributed by atoms with van der Waals surface area (Å²) in [6, 6.07) is 13.7. The molecule has 2 aromatic rings. The second-order valence-corrected chi connectivity index (χ2v) is 5.65. The predicted octanol–water partition coefficient (Wildman–Crippen LogP) is 3.17. The second kappa shape index (κ2) is 7.69. The molecule has 0 aliphatic carbocycles. The van der Waals surface area contributed by atoms with Gasteiger partial charge in [-0.25, -0.2) is 4.79 Å². The molecule has 2 rings (SSSR count). The van der Waals surface area contributed by atoms with Crippen LogP contribution >= 0.6 is 11.8 Å². The lowest BCUT2D eigenvalue weighted by atomic mass is 10.1. The van der Waals surface area contributed by atoms with Crippen LogP contribution in [0.15, 0.2) is 47.4 Å². The summed E-state index contributed by atoms with van der Waals surface area (Å²) in [4.78, 5) is 24.0. The smallest absolute Gasteiger partial charge is 0.321 e. The highest BCUT2D eigenvalue weighted by Crippen LogP contribution is 2.23. The minimum Gasteiger partial charge on any atom is -0.338 e. The van der Waals surface area contributed by atoms with Crippen LogP contribution < -0.4 is 10.6 Å². The Labute approximate surface area is 128 Å². The van der Waals surface area contributed by atoms with Crippen LogP contribution in [0.2, 0.25) is 0 Å². The first-order valence-corrected chi connectivity index (χ1v) is 7.87. The number of fused-ring (bicyclic) bond motifs is 1. The third kappa shape index (κ3) is 4.79. The van der Waals surface area contributed by atoms with Crippen molar-refractivity contribution in [2.45, 2.75) is 18.2 Å². The largest absolute Gasteiger partial charge is 0.338 e. The Morgan fingerprint density at radius 3 is 2.62 bits per heavy atom. The van der Waals surface area contributed by atoms with Gasteiger partial charge in [-0.1, -0.05) is 37.3 Å². The number of thioether (sulfide) groups is 1. The first-order chi connectivity index (χ1) is 10.2. The van der Waals surface area contributed by atoms with Crippen molar-refractivity contribution in [3.63, 3.8) is 0 Å². The molecule has 4 nitrogen and oxygen atoms in total. The number of imide groups is 1. The van der Waals surface area contributed by atoms with Crippen molar-refractivity contribution in [3.05, 3.63) is 42.5 Å². The molecule has 0 saturated carbocycles. The van der Waals surface area contributed by atoms with Crippen molar-refractivity contribution in [1.29, 1.82) is 0 Å². The summed E-state index contributed by atoms with van der Waals surface area (Å²) >= 11 is 1.42. The monoisotopic (exact) mass is 302 g/mol. The summed E-state index contributed by atoms with van der Waals surface area (Å²) in [6.07, 6.45) is 0.841. The summed E-state index contributed by atoms with van der Waals surface area (Å²) in [5.41, 5.74) is 0. The van der Waals surface area contributed by atoms with E-state index >= 15 is 0 Å². The zero-order valence-corrected chi connectivity index (χ0v) is 12.7. The SMILES string of the molecule is CCCNC(=O)NC(=O)CSc1ccc2ccccc2c1. The highest BCUT2D eigenvalue weighted by atomic mass is 32.2. The lowest BCUT2D eigenvalue weighted by Gasteiger charge is -2.06. The molecule has 0 spiro atoms. The van der Waals surface area contributed by atoms with Crippen LogP contribution in [-0.4, -0.2) is 24.2 Å². The lowest BCUT2D eigenvalue weighted by Crippen LogP contribution is -2.40. The number of hydrogen-bond donors (Lipinski definition) is 2. The van der Waals surface area contributed by atoms with E-state index in [-0.39, 0.29) is 11.7 Å². The molecule has 0 aliphatic heterocycles. The van der Waals surface area contributed by atoms with Gasteiger partial charge in [-0.3, -0.25) is 10.1 Å². The molecule has 5 heteroatoms. The molecule has 2 N–H and O–H groups in total. The van der Waals surface area contributed by atoms with E-state index in [1.165, 1.54) is 17.1 Å². The van der Waals surface area contributed by atoms with Gasteiger partial charge in [0.05, 0.1) is 5.75 Å². The van der Waals surface area contributed by atoms with E-state index in [0.717, 1.165) is 16.7 Å². The highest BCUT2D eigenvalue weighted by molar-refractivity contribution is 8.00. The number of hydrogen-bond acceptors (Lipinski definition) is 3. The van der Waals surface area contributed by atoms with E-state index in [1.54, 1.807) is 0 Å². The summed E-state index contributed by atoms with van der Waals surface area (Å²) in [5, 5.41) is 7.23. The third-order valence-electron chi connectivity index (χ3n) is 2.88. The molecule has 0 fully saturated rings. The van der Waals surface area contributed by atoms with Crippen molar-refractivity contribution < 1.29 is 9.59 Å². The topological polar surface area (TPSA) is 58.2 Å². The average Bonchev–Trinajstić information content (AvgIpc) is 2.50. The molecule has 0 radical (unpaired) electrons. The Hall–Kier alpha value is -2.01. The Bertz CT molecular complexity index is 643. The molecule has 3 amide bonds. The number of nitrogens with one attached hydrogen (secondary N) is 2. The molecular weight excluding hydrogens is 284 g/mol. The zero-order valence-electron chi connectivity index (χ0n) is 11.9. The van der Waals surface area contributed by atoms with Crippen molar-refractivity contribution >= 4 is 34.5 Å². The van der Waals surface area contributed by atoms with Gasteiger partial charge in [0.15, 0.2) is 0 Å². The minimum atomic E-state index is -0.430. The van der Waals surface area contributed by atoms with Crippen molar-refractivity contribution in [2.24, 2.45) is 0 Å². The molecule has 0 unspecified atom stereocenters. The van der Waals surface area contributed by atoms with Gasteiger partial charge in [0, 0.05) is 11.4 Å². The van der Waals surface area contributed by atoms with Crippen LogP contribution in [-0.2, 0) is 4.79 Å². The summed E-state index contributed by atoms with van der Waals surface area (Å²) in [6.45, 7) is 2.52. The van der Waals surface area contributed by atoms with Crippen molar-refractivity contribution in [3.8, 4) is 0 Å². The molecule has 0 heterocycles. The first kappa shape index (κ1) is 15.4. The molecule has 0 bridgehead atoms. The van der Waals surface area contributed by atoms with Crippen molar-refractivity contribution in [2.75, 3.05) is 12.3 Å². The van der Waals surface area contributed by atoms with Gasteiger partial charge < -0.3 is 5.32 Å². The molecule has 21 heavy (non-hydrogen) atoms. The van der Waals surface area contributed by atoms with Crippen LogP contribution in [0.3, 0.4) is 0 Å². The van der Waals surface area contributed by atoms with E-state index in [0.29, 0.717) is 6.54 Å². The summed E-state index contributed by atoms with van der Waals surface area (Å²) in [7, 11) is 0. The fourth-order valence-corrected chi connectivity index (χ4v) is 2.60. The van der Waals surface area contributed by atoms with E-state index in [4.69, 9.17) is 0 Å². The molecule has 0 atom stereocenters. The Kier molecular flexibility index (Phi) is 5.63. The average molecular weight is 302 g/mol. The third-order valence-corrected chi connectivity index (χ3v) is 3.87. The number of amides is 3. The van der Waals surface area contributed by atoms with Crippen LogP contribution in [0, 0.1) is 0 Å². The molecule has 0 aliphatic rings. The number of benzene rings is 2. The standard InChI is InChI=1S/C16H18N2O2S/c1-2-9-17-16(20)18-15(19)11-21-14-8-7-12-5-3-4-6-13(12)10-14/h3-8,10H,2,9,11H2,1H3,(H2,17,18,19,20). The van der Waals surface area contributed by atoms with E-state index in [2.05, 4.69) is 16.7 Å². The van der Waals surface area contributed by atoms with Crippen molar-refractivity contribution in [1.82, 2.24) is 10.6 Å². The van der Waals surface area contributed by atoms with Crippen LogP contribution in [0.25, 0.3) is 10.8 Å². The molecule has 0 aromatic heterocycles. The molecule has 0 saturated heterocycles. The Morgan fingerprint density at radius 2 is 1.86 bits per heavy atom. The normalized spacial score (nSPS) is 10.3. The quantitative estimate of drug-likeness (QED) is 0.834. The summed E-state index contributed by atoms with van der Waals surface area (Å²) < 4.78 is 0. The number of rotatable bonds is 5. The number of carbonyl (C=O) groups excluding carboxylic acids is 2. The van der Waals surface area contributed by atoms with Gasteiger partial charge in [-0.2, -0.15) is 0 Å². The maximum Gasteiger partial charge on any atom is 0.321 e. The number of carbonyl (C=O) groups is 2. The predicted molar refractivity (Wildman–Crippen MR) is 86.5 cm³/mol. The fourth-order valence-electron chi connectivity index (χ4n) is 1.85. The minimum absolute atomic E-state index is 0.220. The molecular formula is C16H18N2O2S. The van der Waals surface area contributed by atoms with Gasteiger partial charge >= 0.3 is 6.03 Å². The van der Waals surface area contributed by atoms with Crippen LogP contribution in [0.4, 0.5) is 4.79 Å². The highest BCUT2D eigenvalue weighted by Gasteiger charge is 2.07.